The third-order valence-corrected chi connectivity index (χ3v) is 6.09. The van der Waals surface area contributed by atoms with Gasteiger partial charge in [-0.2, -0.15) is 0 Å². The second-order valence-corrected chi connectivity index (χ2v) is 9.08. The van der Waals surface area contributed by atoms with E-state index in [4.69, 9.17) is 18.9 Å². The van der Waals surface area contributed by atoms with Gasteiger partial charge in [-0.05, 0) is 42.3 Å². The van der Waals surface area contributed by atoms with Crippen molar-refractivity contribution in [2.24, 2.45) is 5.92 Å². The minimum atomic E-state index is -1.18. The molecule has 1 heterocycles. The Balaban J connectivity index is 1.80. The van der Waals surface area contributed by atoms with Gasteiger partial charge in [-0.3, -0.25) is 14.4 Å². The van der Waals surface area contributed by atoms with E-state index in [2.05, 4.69) is 4.98 Å². The molecule has 0 aliphatic rings. The molecule has 0 aliphatic carbocycles. The van der Waals surface area contributed by atoms with Gasteiger partial charge >= 0.3 is 11.9 Å². The van der Waals surface area contributed by atoms with Crippen molar-refractivity contribution < 1.29 is 50.9 Å². The van der Waals surface area contributed by atoms with Crippen LogP contribution in [0.1, 0.15) is 54.7 Å². The highest BCUT2D eigenvalue weighted by molar-refractivity contribution is 5.99. The molecule has 2 aromatic carbocycles. The Morgan fingerprint density at radius 2 is 1.46 bits per heavy atom. The van der Waals surface area contributed by atoms with Crippen molar-refractivity contribution in [3.8, 4) is 11.5 Å². The summed E-state index contributed by atoms with van der Waals surface area (Å²) < 4.78 is 76.2. The summed E-state index contributed by atoms with van der Waals surface area (Å²) in [6.45, 7) is 3.54. The summed E-state index contributed by atoms with van der Waals surface area (Å²) in [6, 6.07) is 7.41. The third-order valence-electron chi connectivity index (χ3n) is 6.09. The van der Waals surface area contributed by atoms with Crippen LogP contribution in [0.5, 0.6) is 11.5 Å². The Bertz CT molecular complexity index is 1380. The minimum Gasteiger partial charge on any atom is -0.493 e. The molecular weight excluding hydrogens is 550 g/mol. The van der Waals surface area contributed by atoms with Gasteiger partial charge in [0.2, 0.25) is 6.79 Å². The number of halogens is 4. The number of ether oxygens (including phenoxy) is 4. The monoisotopic (exact) mass is 577 g/mol. The summed E-state index contributed by atoms with van der Waals surface area (Å²) in [4.78, 5) is 41.2. The summed E-state index contributed by atoms with van der Waals surface area (Å²) in [5.41, 5.74) is 0.119. The van der Waals surface area contributed by atoms with Crippen LogP contribution in [0.4, 0.5) is 17.6 Å². The number of esters is 2. The molecular formula is C29H27F4NO7. The molecule has 12 heteroatoms. The number of rotatable bonds is 12. The maximum atomic E-state index is 14.1. The highest BCUT2D eigenvalue weighted by Gasteiger charge is 2.30. The van der Waals surface area contributed by atoms with E-state index < -0.39 is 65.7 Å². The highest BCUT2D eigenvalue weighted by Crippen LogP contribution is 2.33. The fourth-order valence-electron chi connectivity index (χ4n) is 4.07. The van der Waals surface area contributed by atoms with Crippen molar-refractivity contribution in [2.45, 2.75) is 39.2 Å². The second kappa shape index (κ2) is 13.7. The van der Waals surface area contributed by atoms with E-state index in [9.17, 15) is 31.9 Å². The average molecular weight is 578 g/mol. The van der Waals surface area contributed by atoms with Crippen LogP contribution in [0, 0.1) is 29.2 Å². The Hall–Kier alpha value is -4.48. The first-order chi connectivity index (χ1) is 19.4. The lowest BCUT2D eigenvalue weighted by molar-refractivity contribution is -0.153. The summed E-state index contributed by atoms with van der Waals surface area (Å²) in [5.74, 6) is -8.61. The number of carbonyl (C=O) groups excluding carboxylic acids is 3. The first kappa shape index (κ1) is 31.1. The first-order valence-electron chi connectivity index (χ1n) is 12.4. The summed E-state index contributed by atoms with van der Waals surface area (Å²) in [5, 5.41) is 0. The predicted octanol–water partition coefficient (Wildman–Crippen LogP) is 5.52. The second-order valence-electron chi connectivity index (χ2n) is 9.08. The van der Waals surface area contributed by atoms with Gasteiger partial charge < -0.3 is 18.9 Å². The minimum absolute atomic E-state index is 0.0908. The van der Waals surface area contributed by atoms with Gasteiger partial charge in [0.05, 0.1) is 13.0 Å². The predicted molar refractivity (Wildman–Crippen MR) is 136 cm³/mol. The van der Waals surface area contributed by atoms with Crippen LogP contribution >= 0.6 is 0 Å². The highest BCUT2D eigenvalue weighted by atomic mass is 19.2. The first-order valence-corrected chi connectivity index (χ1v) is 12.4. The molecule has 0 saturated heterocycles. The molecule has 0 N–H and O–H groups in total. The summed E-state index contributed by atoms with van der Waals surface area (Å²) in [7, 11) is 1.33. The standard InChI is InChI=1S/C29H27F4NO7/c1-15(11-24(36)27-28(40-14-39-17(3)35)25(38-4)9-10-34-27)29(37)41-16(2)26(18-5-7-20(30)22(32)12-18)19-6-8-21(31)23(33)13-19/h5-10,12-13,15-16,26H,11,14H2,1-4H3/t15-,16+/m1/s1. The van der Waals surface area contributed by atoms with Gasteiger partial charge in [-0.1, -0.05) is 19.1 Å². The van der Waals surface area contributed by atoms with Crippen molar-refractivity contribution in [3.05, 3.63) is 88.8 Å². The molecule has 0 amide bonds. The van der Waals surface area contributed by atoms with Gasteiger partial charge in [0.15, 0.2) is 46.2 Å². The number of carbonyl (C=O) groups is 3. The molecule has 218 valence electrons. The molecule has 8 nitrogen and oxygen atoms in total. The van der Waals surface area contributed by atoms with Crippen LogP contribution < -0.4 is 9.47 Å². The molecule has 1 aromatic heterocycles. The summed E-state index contributed by atoms with van der Waals surface area (Å²) in [6.07, 6.45) is -0.159. The number of Topliss-reactive ketones (excluding diaryl/α,β-unsaturated/α-hetero) is 1. The third kappa shape index (κ3) is 7.80. The summed E-state index contributed by atoms with van der Waals surface area (Å²) >= 11 is 0. The van der Waals surface area contributed by atoms with Gasteiger partial charge in [0, 0.05) is 31.5 Å². The Morgan fingerprint density at radius 1 is 0.878 bits per heavy atom. The number of hydrogen-bond acceptors (Lipinski definition) is 8. The van der Waals surface area contributed by atoms with E-state index >= 15 is 0 Å². The Kier molecular flexibility index (Phi) is 10.4. The average Bonchev–Trinajstić information content (AvgIpc) is 2.92. The molecule has 3 rings (SSSR count). The van der Waals surface area contributed by atoms with Crippen LogP contribution in [-0.2, 0) is 19.1 Å². The van der Waals surface area contributed by atoms with E-state index in [1.165, 1.54) is 52.3 Å². The number of methoxy groups -OCH3 is 1. The number of benzene rings is 2. The van der Waals surface area contributed by atoms with Crippen molar-refractivity contribution in [2.75, 3.05) is 13.9 Å². The molecule has 3 aromatic rings. The van der Waals surface area contributed by atoms with Crippen molar-refractivity contribution in [3.63, 3.8) is 0 Å². The number of aromatic nitrogens is 1. The molecule has 41 heavy (non-hydrogen) atoms. The molecule has 0 radical (unpaired) electrons. The molecule has 0 unspecified atom stereocenters. The van der Waals surface area contributed by atoms with Gasteiger partial charge in [-0.15, -0.1) is 0 Å². The zero-order chi connectivity index (χ0) is 30.3. The zero-order valence-corrected chi connectivity index (χ0v) is 22.6. The lowest BCUT2D eigenvalue weighted by atomic mass is 9.86. The maximum absolute atomic E-state index is 14.1. The number of pyridine rings is 1. The van der Waals surface area contributed by atoms with Crippen molar-refractivity contribution >= 4 is 17.7 Å². The van der Waals surface area contributed by atoms with Crippen LogP contribution in [-0.4, -0.2) is 42.7 Å². The van der Waals surface area contributed by atoms with Crippen LogP contribution in [0.3, 0.4) is 0 Å². The Labute approximate surface area is 233 Å². The fraction of sp³-hybridized carbons (Fsp3) is 0.310. The van der Waals surface area contributed by atoms with E-state index in [0.29, 0.717) is 0 Å². The van der Waals surface area contributed by atoms with Crippen LogP contribution in [0.25, 0.3) is 0 Å². The zero-order valence-electron chi connectivity index (χ0n) is 22.6. The topological polar surface area (TPSA) is 101 Å². The van der Waals surface area contributed by atoms with Crippen molar-refractivity contribution in [1.82, 2.24) is 4.98 Å². The largest absolute Gasteiger partial charge is 0.493 e. The van der Waals surface area contributed by atoms with Gasteiger partial charge in [0.25, 0.3) is 0 Å². The lowest BCUT2D eigenvalue weighted by Gasteiger charge is -2.26. The fourth-order valence-corrected chi connectivity index (χ4v) is 4.07. The number of ketones is 1. The van der Waals surface area contributed by atoms with E-state index in [1.54, 1.807) is 0 Å². The molecule has 0 aliphatic heterocycles. The van der Waals surface area contributed by atoms with E-state index in [-0.39, 0.29) is 34.7 Å². The molecule has 0 spiro atoms. The van der Waals surface area contributed by atoms with Crippen molar-refractivity contribution in [1.29, 1.82) is 0 Å². The van der Waals surface area contributed by atoms with E-state index in [1.807, 2.05) is 0 Å². The number of hydrogen-bond donors (Lipinski definition) is 0. The van der Waals surface area contributed by atoms with E-state index in [0.717, 1.165) is 24.3 Å². The van der Waals surface area contributed by atoms with Crippen LogP contribution in [0.2, 0.25) is 0 Å². The molecule has 0 bridgehead atoms. The normalized spacial score (nSPS) is 12.4. The smallest absolute Gasteiger partial charge is 0.309 e. The molecule has 0 saturated carbocycles. The lowest BCUT2D eigenvalue weighted by Crippen LogP contribution is -2.28. The molecule has 2 atom stereocenters. The molecule has 0 fully saturated rings. The SMILES string of the molecule is COc1ccnc(C(=O)C[C@@H](C)C(=O)O[C@@H](C)C(c2ccc(F)c(F)c2)c2ccc(F)c(F)c2)c1OCOC(C)=O. The quantitative estimate of drug-likeness (QED) is 0.120. The maximum Gasteiger partial charge on any atom is 0.309 e. The van der Waals surface area contributed by atoms with Crippen LogP contribution in [0.15, 0.2) is 48.7 Å². The van der Waals surface area contributed by atoms with Gasteiger partial charge in [0.1, 0.15) is 6.10 Å². The number of nitrogens with zero attached hydrogens (tertiary/aromatic N) is 1. The van der Waals surface area contributed by atoms with Gasteiger partial charge in [-0.25, -0.2) is 22.5 Å². The Morgan fingerprint density at radius 3 is 1.98 bits per heavy atom.